The van der Waals surface area contributed by atoms with E-state index in [9.17, 15) is 10.1 Å². The Morgan fingerprint density at radius 2 is 2.10 bits per heavy atom. The Morgan fingerprint density at radius 3 is 2.71 bits per heavy atom. The molecule has 0 aliphatic heterocycles. The fraction of sp³-hybridized carbons (Fsp3) is 0.286. The van der Waals surface area contributed by atoms with Gasteiger partial charge in [0.05, 0.1) is 12.1 Å². The average molecular weight is 418 g/mol. The summed E-state index contributed by atoms with van der Waals surface area (Å²) >= 11 is 6.97. The van der Waals surface area contributed by atoms with E-state index in [1.807, 2.05) is 18.2 Å². The van der Waals surface area contributed by atoms with Crippen molar-refractivity contribution in [2.45, 2.75) is 19.4 Å². The number of nitrogens with one attached hydrogen (secondary N) is 1. The lowest BCUT2D eigenvalue weighted by molar-refractivity contribution is -0.402. The first-order chi connectivity index (χ1) is 10.0. The second kappa shape index (κ2) is 7.20. The molecule has 1 N–H and O–H groups in total. The van der Waals surface area contributed by atoms with E-state index in [0.29, 0.717) is 5.76 Å². The summed E-state index contributed by atoms with van der Waals surface area (Å²) in [7, 11) is 0. The zero-order valence-electron chi connectivity index (χ0n) is 11.3. The quantitative estimate of drug-likeness (QED) is 0.541. The molecule has 1 unspecified atom stereocenters. The number of benzene rings is 1. The Balaban J connectivity index is 2.41. The SMILES string of the molecule is CCCNC(c1ccc([N+](=O)[O-])o1)c1cc(Br)ccc1Br. The highest BCUT2D eigenvalue weighted by atomic mass is 79.9. The normalized spacial score (nSPS) is 12.3. The smallest absolute Gasteiger partial charge is 0.404 e. The highest BCUT2D eigenvalue weighted by Gasteiger charge is 2.23. The summed E-state index contributed by atoms with van der Waals surface area (Å²) in [5, 5.41) is 14.1. The minimum absolute atomic E-state index is 0.245. The summed E-state index contributed by atoms with van der Waals surface area (Å²) < 4.78 is 7.21. The first kappa shape index (κ1) is 16.2. The highest BCUT2D eigenvalue weighted by Crippen LogP contribution is 2.33. The first-order valence-corrected chi connectivity index (χ1v) is 8.04. The van der Waals surface area contributed by atoms with E-state index in [1.54, 1.807) is 6.07 Å². The third-order valence-corrected chi connectivity index (χ3v) is 4.16. The molecule has 1 heterocycles. The molecule has 21 heavy (non-hydrogen) atoms. The van der Waals surface area contributed by atoms with Crippen LogP contribution in [0.5, 0.6) is 0 Å². The van der Waals surface area contributed by atoms with Gasteiger partial charge in [0.2, 0.25) is 0 Å². The predicted molar refractivity (Wildman–Crippen MR) is 87.3 cm³/mol. The molecule has 5 nitrogen and oxygen atoms in total. The predicted octanol–water partition coefficient (Wildman–Crippen LogP) is 4.80. The van der Waals surface area contributed by atoms with Crippen molar-refractivity contribution in [1.29, 1.82) is 0 Å². The fourth-order valence-electron chi connectivity index (χ4n) is 1.98. The second-order valence-electron chi connectivity index (χ2n) is 4.49. The van der Waals surface area contributed by atoms with Crippen LogP contribution in [0.3, 0.4) is 0 Å². The van der Waals surface area contributed by atoms with E-state index in [2.05, 4.69) is 44.1 Å². The summed E-state index contributed by atoms with van der Waals surface area (Å²) in [4.78, 5) is 10.3. The van der Waals surface area contributed by atoms with Crippen LogP contribution < -0.4 is 5.32 Å². The third kappa shape index (κ3) is 3.93. The maximum atomic E-state index is 10.8. The maximum absolute atomic E-state index is 10.8. The molecule has 7 heteroatoms. The van der Waals surface area contributed by atoms with Gasteiger partial charge in [0.25, 0.3) is 0 Å². The number of halogens is 2. The van der Waals surface area contributed by atoms with Crippen LogP contribution in [-0.4, -0.2) is 11.5 Å². The van der Waals surface area contributed by atoms with Crippen LogP contribution in [0.2, 0.25) is 0 Å². The molecule has 0 radical (unpaired) electrons. The van der Waals surface area contributed by atoms with E-state index in [4.69, 9.17) is 4.42 Å². The lowest BCUT2D eigenvalue weighted by atomic mass is 10.0. The van der Waals surface area contributed by atoms with E-state index >= 15 is 0 Å². The molecule has 1 atom stereocenters. The van der Waals surface area contributed by atoms with Gasteiger partial charge in [-0.15, -0.1) is 0 Å². The second-order valence-corrected chi connectivity index (χ2v) is 6.26. The summed E-state index contributed by atoms with van der Waals surface area (Å²) in [5.74, 6) is 0.272. The first-order valence-electron chi connectivity index (χ1n) is 6.45. The lowest BCUT2D eigenvalue weighted by Crippen LogP contribution is -2.23. The molecule has 0 spiro atoms. The van der Waals surface area contributed by atoms with Crippen LogP contribution in [0.25, 0.3) is 0 Å². The van der Waals surface area contributed by atoms with Crippen molar-refractivity contribution in [3.8, 4) is 0 Å². The molecule has 2 rings (SSSR count). The van der Waals surface area contributed by atoms with Crippen molar-refractivity contribution in [3.63, 3.8) is 0 Å². The van der Waals surface area contributed by atoms with Crippen LogP contribution in [0.15, 0.2) is 43.7 Å². The Morgan fingerprint density at radius 1 is 1.33 bits per heavy atom. The van der Waals surface area contributed by atoms with Crippen molar-refractivity contribution in [2.24, 2.45) is 0 Å². The average Bonchev–Trinajstić information content (AvgIpc) is 2.93. The number of furan rings is 1. The van der Waals surface area contributed by atoms with Gasteiger partial charge in [0, 0.05) is 8.95 Å². The molecular formula is C14H14Br2N2O3. The van der Waals surface area contributed by atoms with Crippen LogP contribution in [0.1, 0.15) is 30.7 Å². The zero-order chi connectivity index (χ0) is 15.4. The molecule has 0 amide bonds. The van der Waals surface area contributed by atoms with E-state index in [1.165, 1.54) is 6.07 Å². The Kier molecular flexibility index (Phi) is 5.55. The molecule has 1 aromatic heterocycles. The van der Waals surface area contributed by atoms with Gasteiger partial charge in [-0.05, 0) is 42.8 Å². The van der Waals surface area contributed by atoms with Gasteiger partial charge in [-0.2, -0.15) is 0 Å². The molecule has 112 valence electrons. The molecule has 1 aromatic carbocycles. The Bertz CT molecular complexity index is 643. The lowest BCUT2D eigenvalue weighted by Gasteiger charge is -2.18. The fourth-order valence-corrected chi connectivity index (χ4v) is 2.84. The Hall–Kier alpha value is -1.18. The molecule has 0 bridgehead atoms. The molecule has 0 aliphatic carbocycles. The molecular weight excluding hydrogens is 404 g/mol. The van der Waals surface area contributed by atoms with Crippen LogP contribution in [0.4, 0.5) is 5.88 Å². The van der Waals surface area contributed by atoms with Crippen LogP contribution in [-0.2, 0) is 0 Å². The minimum Gasteiger partial charge on any atom is -0.404 e. The van der Waals surface area contributed by atoms with Crippen molar-refractivity contribution >= 4 is 37.7 Å². The minimum atomic E-state index is -0.531. The molecule has 0 saturated heterocycles. The Labute approximate surface area is 139 Å². The number of nitrogens with zero attached hydrogens (tertiary/aromatic N) is 1. The van der Waals surface area contributed by atoms with Gasteiger partial charge in [-0.3, -0.25) is 10.1 Å². The van der Waals surface area contributed by atoms with Gasteiger partial charge in [0.15, 0.2) is 0 Å². The van der Waals surface area contributed by atoms with Gasteiger partial charge in [-0.25, -0.2) is 0 Å². The number of rotatable bonds is 6. The van der Waals surface area contributed by atoms with Gasteiger partial charge < -0.3 is 9.73 Å². The van der Waals surface area contributed by atoms with Crippen molar-refractivity contribution in [1.82, 2.24) is 5.32 Å². The molecule has 0 fully saturated rings. The largest absolute Gasteiger partial charge is 0.433 e. The maximum Gasteiger partial charge on any atom is 0.433 e. The summed E-state index contributed by atoms with van der Waals surface area (Å²) in [5.41, 5.74) is 0.960. The van der Waals surface area contributed by atoms with Crippen LogP contribution in [0, 0.1) is 10.1 Å². The van der Waals surface area contributed by atoms with Gasteiger partial charge in [0.1, 0.15) is 10.7 Å². The molecule has 0 aliphatic rings. The third-order valence-electron chi connectivity index (χ3n) is 2.94. The highest BCUT2D eigenvalue weighted by molar-refractivity contribution is 9.11. The topological polar surface area (TPSA) is 68.3 Å². The summed E-state index contributed by atoms with van der Waals surface area (Å²) in [6.45, 7) is 2.84. The van der Waals surface area contributed by atoms with Gasteiger partial charge >= 0.3 is 5.88 Å². The monoisotopic (exact) mass is 416 g/mol. The van der Waals surface area contributed by atoms with Crippen molar-refractivity contribution < 1.29 is 9.34 Å². The standard InChI is InChI=1S/C14H14Br2N2O3/c1-2-7-17-14(10-8-9(15)3-4-11(10)16)12-5-6-13(21-12)18(19)20/h3-6,8,14,17H,2,7H2,1H3. The van der Waals surface area contributed by atoms with E-state index in [0.717, 1.165) is 27.5 Å². The summed E-state index contributed by atoms with van der Waals surface area (Å²) in [6, 6.07) is 8.59. The van der Waals surface area contributed by atoms with Crippen molar-refractivity contribution in [3.05, 3.63) is 60.7 Å². The molecule has 0 saturated carbocycles. The number of nitro groups is 1. The number of hydrogen-bond acceptors (Lipinski definition) is 4. The zero-order valence-corrected chi connectivity index (χ0v) is 14.5. The number of hydrogen-bond donors (Lipinski definition) is 1. The van der Waals surface area contributed by atoms with Crippen molar-refractivity contribution in [2.75, 3.05) is 6.54 Å². The van der Waals surface area contributed by atoms with Gasteiger partial charge in [-0.1, -0.05) is 38.8 Å². The van der Waals surface area contributed by atoms with E-state index in [-0.39, 0.29) is 11.9 Å². The molecule has 2 aromatic rings. The van der Waals surface area contributed by atoms with E-state index < -0.39 is 4.92 Å². The summed E-state index contributed by atoms with van der Waals surface area (Å²) in [6.07, 6.45) is 0.949. The van der Waals surface area contributed by atoms with Crippen LogP contribution >= 0.6 is 31.9 Å².